The third kappa shape index (κ3) is 2.79. The second kappa shape index (κ2) is 5.62. The van der Waals surface area contributed by atoms with Crippen LogP contribution >= 0.6 is 0 Å². The molecule has 0 spiro atoms. The van der Waals surface area contributed by atoms with Gasteiger partial charge in [0.2, 0.25) is 5.43 Å². The molecule has 19 heavy (non-hydrogen) atoms. The number of fused-ring (bicyclic) bond motifs is 1. The predicted molar refractivity (Wildman–Crippen MR) is 69.1 cm³/mol. The number of aliphatic carboxylic acids is 1. The van der Waals surface area contributed by atoms with E-state index in [1.54, 1.807) is 31.2 Å². The lowest BCUT2D eigenvalue weighted by Gasteiger charge is -2.15. The molecule has 0 fully saturated rings. The van der Waals surface area contributed by atoms with E-state index in [4.69, 9.17) is 9.84 Å². The van der Waals surface area contributed by atoms with Crippen molar-refractivity contribution in [3.05, 3.63) is 40.7 Å². The van der Waals surface area contributed by atoms with Gasteiger partial charge in [0.05, 0.1) is 18.3 Å². The summed E-state index contributed by atoms with van der Waals surface area (Å²) in [4.78, 5) is 22.7. The van der Waals surface area contributed by atoms with Crippen molar-refractivity contribution >= 4 is 16.9 Å². The van der Waals surface area contributed by atoms with E-state index in [-0.39, 0.29) is 12.0 Å². The Labute approximate surface area is 109 Å². The first-order chi connectivity index (χ1) is 9.13. The van der Waals surface area contributed by atoms with Crippen LogP contribution in [0.15, 0.2) is 35.3 Å². The summed E-state index contributed by atoms with van der Waals surface area (Å²) >= 11 is 0. The van der Waals surface area contributed by atoms with Crippen LogP contribution in [0.3, 0.4) is 0 Å². The molecule has 1 atom stereocenters. The highest BCUT2D eigenvalue weighted by Crippen LogP contribution is 2.09. The van der Waals surface area contributed by atoms with Crippen LogP contribution in [0.2, 0.25) is 0 Å². The highest BCUT2D eigenvalue weighted by molar-refractivity contribution is 5.78. The molecule has 0 aliphatic carbocycles. The fourth-order valence-corrected chi connectivity index (χ4v) is 1.87. The van der Waals surface area contributed by atoms with Crippen molar-refractivity contribution in [2.75, 3.05) is 6.61 Å². The number of carboxylic acid groups (broad SMARTS) is 1. The van der Waals surface area contributed by atoms with Crippen LogP contribution in [0.4, 0.5) is 0 Å². The Kier molecular flexibility index (Phi) is 3.91. The molecular weight excluding hydrogens is 248 g/mol. The molecule has 6 heteroatoms. The van der Waals surface area contributed by atoms with Gasteiger partial charge in [-0.05, 0) is 19.1 Å². The smallest absolute Gasteiger partial charge is 0.334 e. The SMILES string of the molecule is CCOC(Cn1ncc(=O)c2ccccc21)C(=O)O. The first kappa shape index (κ1) is 13.2. The molecule has 2 aromatic rings. The van der Waals surface area contributed by atoms with Gasteiger partial charge < -0.3 is 9.84 Å². The molecule has 0 radical (unpaired) electrons. The lowest BCUT2D eigenvalue weighted by Crippen LogP contribution is -2.30. The van der Waals surface area contributed by atoms with Crippen molar-refractivity contribution < 1.29 is 14.6 Å². The predicted octanol–water partition coefficient (Wildman–Crippen LogP) is 0.886. The molecule has 0 saturated heterocycles. The molecule has 0 amide bonds. The maximum absolute atomic E-state index is 11.7. The van der Waals surface area contributed by atoms with Gasteiger partial charge in [0, 0.05) is 12.0 Å². The number of rotatable bonds is 5. The van der Waals surface area contributed by atoms with Gasteiger partial charge in [0.1, 0.15) is 0 Å². The first-order valence-corrected chi connectivity index (χ1v) is 5.92. The summed E-state index contributed by atoms with van der Waals surface area (Å²) < 4.78 is 6.63. The minimum absolute atomic E-state index is 0.0595. The van der Waals surface area contributed by atoms with Gasteiger partial charge in [-0.3, -0.25) is 9.48 Å². The molecule has 1 heterocycles. The summed E-state index contributed by atoms with van der Waals surface area (Å²) in [6, 6.07) is 6.95. The zero-order valence-corrected chi connectivity index (χ0v) is 10.4. The van der Waals surface area contributed by atoms with Crippen molar-refractivity contribution in [1.82, 2.24) is 9.78 Å². The van der Waals surface area contributed by atoms with Gasteiger partial charge in [-0.1, -0.05) is 12.1 Å². The Balaban J connectivity index is 2.43. The Morgan fingerprint density at radius 2 is 2.21 bits per heavy atom. The van der Waals surface area contributed by atoms with E-state index in [0.717, 1.165) is 0 Å². The average Bonchev–Trinajstić information content (AvgIpc) is 2.41. The maximum Gasteiger partial charge on any atom is 0.334 e. The number of nitrogens with zero attached hydrogens (tertiary/aromatic N) is 2. The second-order valence-corrected chi connectivity index (χ2v) is 3.99. The standard InChI is InChI=1S/C13H14N2O4/c1-2-19-12(13(17)18)8-15-10-6-4-3-5-9(10)11(16)7-14-15/h3-7,12H,2,8H2,1H3,(H,17,18). The zero-order chi connectivity index (χ0) is 13.8. The van der Waals surface area contributed by atoms with Gasteiger partial charge in [0.15, 0.2) is 6.10 Å². The molecule has 2 rings (SSSR count). The Morgan fingerprint density at radius 3 is 2.89 bits per heavy atom. The highest BCUT2D eigenvalue weighted by atomic mass is 16.5. The zero-order valence-electron chi connectivity index (χ0n) is 10.4. The number of ether oxygens (including phenoxy) is 1. The Hall–Kier alpha value is -2.21. The number of para-hydroxylation sites is 1. The second-order valence-electron chi connectivity index (χ2n) is 3.99. The summed E-state index contributed by atoms with van der Waals surface area (Å²) in [5, 5.41) is 13.5. The minimum atomic E-state index is -1.05. The van der Waals surface area contributed by atoms with E-state index < -0.39 is 12.1 Å². The molecule has 100 valence electrons. The minimum Gasteiger partial charge on any atom is -0.479 e. The van der Waals surface area contributed by atoms with Gasteiger partial charge in [-0.15, -0.1) is 0 Å². The van der Waals surface area contributed by atoms with Crippen LogP contribution < -0.4 is 5.43 Å². The third-order valence-electron chi connectivity index (χ3n) is 2.74. The number of hydrogen-bond donors (Lipinski definition) is 1. The quantitative estimate of drug-likeness (QED) is 0.865. The fraction of sp³-hybridized carbons (Fsp3) is 0.308. The lowest BCUT2D eigenvalue weighted by atomic mass is 10.2. The van der Waals surface area contributed by atoms with Crippen molar-refractivity contribution in [1.29, 1.82) is 0 Å². The van der Waals surface area contributed by atoms with E-state index in [1.807, 2.05) is 0 Å². The summed E-state index contributed by atoms with van der Waals surface area (Å²) in [5.41, 5.74) is 0.413. The first-order valence-electron chi connectivity index (χ1n) is 5.92. The Bertz CT molecular complexity index is 650. The van der Waals surface area contributed by atoms with Crippen LogP contribution in [0, 0.1) is 0 Å². The molecule has 6 nitrogen and oxygen atoms in total. The number of carboxylic acids is 1. The molecule has 1 unspecified atom stereocenters. The number of aromatic nitrogens is 2. The average molecular weight is 262 g/mol. The summed E-state index contributed by atoms with van der Waals surface area (Å²) in [6.45, 7) is 2.09. The maximum atomic E-state index is 11.7. The van der Waals surface area contributed by atoms with Crippen molar-refractivity contribution in [2.45, 2.75) is 19.6 Å². The molecule has 0 aliphatic heterocycles. The van der Waals surface area contributed by atoms with Crippen LogP contribution in [-0.4, -0.2) is 33.6 Å². The number of hydrogen-bond acceptors (Lipinski definition) is 4. The van der Waals surface area contributed by atoms with Crippen molar-refractivity contribution in [2.24, 2.45) is 0 Å². The van der Waals surface area contributed by atoms with Gasteiger partial charge >= 0.3 is 5.97 Å². The third-order valence-corrected chi connectivity index (χ3v) is 2.74. The number of carbonyl (C=O) groups is 1. The largest absolute Gasteiger partial charge is 0.479 e. The fourth-order valence-electron chi connectivity index (χ4n) is 1.87. The van der Waals surface area contributed by atoms with Gasteiger partial charge in [0.25, 0.3) is 0 Å². The summed E-state index contributed by atoms with van der Waals surface area (Å²) in [5.74, 6) is -1.05. The molecule has 1 aromatic carbocycles. The molecule has 0 aliphatic rings. The summed E-state index contributed by atoms with van der Waals surface area (Å²) in [6.07, 6.45) is 0.205. The van der Waals surface area contributed by atoms with E-state index in [1.165, 1.54) is 10.9 Å². The topological polar surface area (TPSA) is 81.4 Å². The van der Waals surface area contributed by atoms with E-state index in [9.17, 15) is 9.59 Å². The number of benzene rings is 1. The van der Waals surface area contributed by atoms with Crippen LogP contribution in [0.5, 0.6) is 0 Å². The van der Waals surface area contributed by atoms with Gasteiger partial charge in [-0.25, -0.2) is 4.79 Å². The monoisotopic (exact) mass is 262 g/mol. The van der Waals surface area contributed by atoms with Gasteiger partial charge in [-0.2, -0.15) is 5.10 Å². The molecule has 0 saturated carbocycles. The Morgan fingerprint density at radius 1 is 1.47 bits per heavy atom. The van der Waals surface area contributed by atoms with E-state index >= 15 is 0 Å². The highest BCUT2D eigenvalue weighted by Gasteiger charge is 2.19. The molecule has 0 bridgehead atoms. The van der Waals surface area contributed by atoms with Crippen LogP contribution in [0.1, 0.15) is 6.92 Å². The molecule has 1 aromatic heterocycles. The summed E-state index contributed by atoms with van der Waals surface area (Å²) in [7, 11) is 0. The van der Waals surface area contributed by atoms with E-state index in [0.29, 0.717) is 17.5 Å². The van der Waals surface area contributed by atoms with Crippen LogP contribution in [-0.2, 0) is 16.1 Å². The molecule has 1 N–H and O–H groups in total. The van der Waals surface area contributed by atoms with Crippen LogP contribution in [0.25, 0.3) is 10.9 Å². The lowest BCUT2D eigenvalue weighted by molar-refractivity contribution is -0.151. The van der Waals surface area contributed by atoms with Crippen molar-refractivity contribution in [3.8, 4) is 0 Å². The van der Waals surface area contributed by atoms with Crippen molar-refractivity contribution in [3.63, 3.8) is 0 Å². The normalized spacial score (nSPS) is 12.5. The molecular formula is C13H14N2O4. The van der Waals surface area contributed by atoms with E-state index in [2.05, 4.69) is 5.10 Å².